The van der Waals surface area contributed by atoms with Gasteiger partial charge in [0.05, 0.1) is 25.2 Å². The van der Waals surface area contributed by atoms with Crippen LogP contribution in [0.5, 0.6) is 11.5 Å². The van der Waals surface area contributed by atoms with Crippen molar-refractivity contribution in [3.63, 3.8) is 0 Å². The molecule has 0 saturated carbocycles. The van der Waals surface area contributed by atoms with Crippen LogP contribution in [0.3, 0.4) is 0 Å². The topological polar surface area (TPSA) is 35.8 Å². The first kappa shape index (κ1) is 12.5. The van der Waals surface area contributed by atoms with Gasteiger partial charge in [-0.3, -0.25) is 0 Å². The van der Waals surface area contributed by atoms with Crippen LogP contribution in [0, 0.1) is 6.92 Å². The first-order valence-corrected chi connectivity index (χ1v) is 6.45. The number of imidazole rings is 1. The molecule has 2 aromatic heterocycles. The minimum Gasteiger partial charge on any atom is -0.497 e. The van der Waals surface area contributed by atoms with Crippen molar-refractivity contribution in [1.29, 1.82) is 0 Å². The molecule has 0 bridgehead atoms. The molecule has 1 aromatic carbocycles. The second-order valence-corrected chi connectivity index (χ2v) is 4.64. The lowest BCUT2D eigenvalue weighted by Crippen LogP contribution is -1.99. The van der Waals surface area contributed by atoms with E-state index < -0.39 is 0 Å². The smallest absolute Gasteiger partial charge is 0.126 e. The van der Waals surface area contributed by atoms with Gasteiger partial charge in [-0.15, -0.1) is 0 Å². The molecule has 3 rings (SSSR count). The molecule has 0 unspecified atom stereocenters. The molecule has 0 spiro atoms. The second-order valence-electron chi connectivity index (χ2n) is 4.64. The molecule has 0 aliphatic heterocycles. The van der Waals surface area contributed by atoms with E-state index in [1.165, 1.54) is 0 Å². The molecular formula is C16H16N2O2. The molecule has 0 radical (unpaired) electrons. The fourth-order valence-electron chi connectivity index (χ4n) is 2.15. The van der Waals surface area contributed by atoms with Crippen molar-refractivity contribution in [1.82, 2.24) is 9.38 Å². The molecule has 0 atom stereocenters. The van der Waals surface area contributed by atoms with Gasteiger partial charge in [-0.2, -0.15) is 0 Å². The summed E-state index contributed by atoms with van der Waals surface area (Å²) in [4.78, 5) is 4.15. The lowest BCUT2D eigenvalue weighted by molar-refractivity contribution is 0.302. The minimum atomic E-state index is 0.504. The number of pyridine rings is 1. The molecule has 0 amide bonds. The van der Waals surface area contributed by atoms with Gasteiger partial charge in [0.25, 0.3) is 0 Å². The summed E-state index contributed by atoms with van der Waals surface area (Å²) in [6.07, 6.45) is 5.61. The first-order chi connectivity index (χ1) is 9.78. The number of nitrogens with zero attached hydrogens (tertiary/aromatic N) is 2. The molecule has 0 saturated heterocycles. The molecule has 0 aliphatic rings. The summed E-state index contributed by atoms with van der Waals surface area (Å²) >= 11 is 0. The van der Waals surface area contributed by atoms with Crippen LogP contribution in [-0.4, -0.2) is 16.5 Å². The predicted molar refractivity (Wildman–Crippen MR) is 77.3 cm³/mol. The summed E-state index contributed by atoms with van der Waals surface area (Å²) in [5, 5.41) is 0. The van der Waals surface area contributed by atoms with Crippen LogP contribution in [0.15, 0.2) is 49.1 Å². The number of ether oxygens (including phenoxy) is 2. The Kier molecular flexibility index (Phi) is 3.29. The normalized spacial score (nSPS) is 10.7. The third-order valence-corrected chi connectivity index (χ3v) is 3.32. The summed E-state index contributed by atoms with van der Waals surface area (Å²) in [7, 11) is 1.65. The molecule has 4 nitrogen and oxygen atoms in total. The average Bonchev–Trinajstić information content (AvgIpc) is 2.95. The average molecular weight is 268 g/mol. The van der Waals surface area contributed by atoms with Crippen LogP contribution in [0.25, 0.3) is 5.52 Å². The number of fused-ring (bicyclic) bond motifs is 1. The Hall–Kier alpha value is -2.49. The van der Waals surface area contributed by atoms with Crippen molar-refractivity contribution in [2.24, 2.45) is 0 Å². The maximum atomic E-state index is 5.92. The Morgan fingerprint density at radius 2 is 2.15 bits per heavy atom. The van der Waals surface area contributed by atoms with Gasteiger partial charge < -0.3 is 13.9 Å². The second kappa shape index (κ2) is 5.25. The van der Waals surface area contributed by atoms with Crippen LogP contribution in [-0.2, 0) is 6.61 Å². The van der Waals surface area contributed by atoms with Crippen LogP contribution in [0.4, 0.5) is 0 Å². The zero-order valence-corrected chi connectivity index (χ0v) is 11.5. The fourth-order valence-corrected chi connectivity index (χ4v) is 2.15. The van der Waals surface area contributed by atoms with Gasteiger partial charge in [0.1, 0.15) is 18.1 Å². The lowest BCUT2D eigenvalue weighted by atomic mass is 10.2. The Morgan fingerprint density at radius 1 is 1.25 bits per heavy atom. The van der Waals surface area contributed by atoms with E-state index in [0.29, 0.717) is 6.61 Å². The maximum Gasteiger partial charge on any atom is 0.126 e. The van der Waals surface area contributed by atoms with Gasteiger partial charge in [-0.25, -0.2) is 4.98 Å². The zero-order chi connectivity index (χ0) is 13.9. The van der Waals surface area contributed by atoms with Gasteiger partial charge in [0.15, 0.2) is 0 Å². The van der Waals surface area contributed by atoms with Crippen LogP contribution in [0.2, 0.25) is 0 Å². The standard InChI is InChI=1S/C16H16N2O2/c1-12-5-6-14(19-2)8-16(12)20-10-13-4-3-7-18-11-17-9-15(13)18/h3-9,11H,10H2,1-2H3. The highest BCUT2D eigenvalue weighted by Crippen LogP contribution is 2.25. The van der Waals surface area contributed by atoms with Crippen molar-refractivity contribution < 1.29 is 9.47 Å². The van der Waals surface area contributed by atoms with Gasteiger partial charge in [0, 0.05) is 17.8 Å². The van der Waals surface area contributed by atoms with Gasteiger partial charge in [-0.05, 0) is 24.6 Å². The summed E-state index contributed by atoms with van der Waals surface area (Å²) in [6, 6.07) is 9.87. The van der Waals surface area contributed by atoms with E-state index in [-0.39, 0.29) is 0 Å². The van der Waals surface area contributed by atoms with Crippen molar-refractivity contribution in [2.45, 2.75) is 13.5 Å². The quantitative estimate of drug-likeness (QED) is 0.728. The van der Waals surface area contributed by atoms with Gasteiger partial charge >= 0.3 is 0 Å². The monoisotopic (exact) mass is 268 g/mol. The van der Waals surface area contributed by atoms with Crippen molar-refractivity contribution in [3.05, 3.63) is 60.2 Å². The van der Waals surface area contributed by atoms with E-state index in [4.69, 9.17) is 9.47 Å². The lowest BCUT2D eigenvalue weighted by Gasteiger charge is -2.11. The number of methoxy groups -OCH3 is 1. The Morgan fingerprint density at radius 3 is 3.00 bits per heavy atom. The van der Waals surface area contributed by atoms with Crippen LogP contribution in [0.1, 0.15) is 11.1 Å². The molecular weight excluding hydrogens is 252 g/mol. The molecule has 102 valence electrons. The Balaban J connectivity index is 1.84. The third-order valence-electron chi connectivity index (χ3n) is 3.32. The number of benzene rings is 1. The zero-order valence-electron chi connectivity index (χ0n) is 11.5. The maximum absolute atomic E-state index is 5.92. The first-order valence-electron chi connectivity index (χ1n) is 6.45. The Bertz CT molecular complexity index is 734. The van der Waals surface area contributed by atoms with E-state index in [9.17, 15) is 0 Å². The fraction of sp³-hybridized carbons (Fsp3) is 0.188. The van der Waals surface area contributed by atoms with Gasteiger partial charge in [-0.1, -0.05) is 12.1 Å². The van der Waals surface area contributed by atoms with E-state index >= 15 is 0 Å². The highest BCUT2D eigenvalue weighted by atomic mass is 16.5. The molecule has 20 heavy (non-hydrogen) atoms. The molecule has 0 fully saturated rings. The summed E-state index contributed by atoms with van der Waals surface area (Å²) in [5.41, 5.74) is 3.26. The van der Waals surface area contributed by atoms with Crippen LogP contribution < -0.4 is 9.47 Å². The molecule has 0 N–H and O–H groups in total. The largest absolute Gasteiger partial charge is 0.497 e. The molecule has 3 aromatic rings. The van der Waals surface area contributed by atoms with Gasteiger partial charge in [0.2, 0.25) is 0 Å². The van der Waals surface area contributed by atoms with Crippen LogP contribution >= 0.6 is 0 Å². The summed E-state index contributed by atoms with van der Waals surface area (Å²) in [6.45, 7) is 2.53. The number of aryl methyl sites for hydroxylation is 1. The predicted octanol–water partition coefficient (Wildman–Crippen LogP) is 3.23. The number of aromatic nitrogens is 2. The minimum absolute atomic E-state index is 0.504. The third kappa shape index (κ3) is 2.32. The number of hydrogen-bond acceptors (Lipinski definition) is 3. The number of hydrogen-bond donors (Lipinski definition) is 0. The Labute approximate surface area is 117 Å². The van der Waals surface area contributed by atoms with Crippen molar-refractivity contribution >= 4 is 5.52 Å². The number of rotatable bonds is 4. The van der Waals surface area contributed by atoms with E-state index in [1.54, 1.807) is 13.4 Å². The van der Waals surface area contributed by atoms with E-state index in [2.05, 4.69) is 4.98 Å². The molecule has 0 aliphatic carbocycles. The van der Waals surface area contributed by atoms with E-state index in [1.807, 2.05) is 54.0 Å². The molecule has 2 heterocycles. The summed E-state index contributed by atoms with van der Waals surface area (Å²) in [5.74, 6) is 1.64. The van der Waals surface area contributed by atoms with E-state index in [0.717, 1.165) is 28.1 Å². The van der Waals surface area contributed by atoms with Crippen molar-refractivity contribution in [2.75, 3.05) is 7.11 Å². The highest BCUT2D eigenvalue weighted by Gasteiger charge is 2.05. The molecule has 4 heteroatoms. The highest BCUT2D eigenvalue weighted by molar-refractivity contribution is 5.53. The SMILES string of the molecule is COc1ccc(C)c(OCc2cccn3cncc23)c1. The summed E-state index contributed by atoms with van der Waals surface area (Å²) < 4.78 is 13.1. The van der Waals surface area contributed by atoms with Crippen molar-refractivity contribution in [3.8, 4) is 11.5 Å².